The maximum atomic E-state index is 11.5. The summed E-state index contributed by atoms with van der Waals surface area (Å²) in [6.07, 6.45) is 5.76. The lowest BCUT2D eigenvalue weighted by atomic mass is 10.0. The molecule has 0 aromatic heterocycles. The Bertz CT molecular complexity index is 218. The molecular weight excluding hydrogens is 188 g/mol. The van der Waals surface area contributed by atoms with Crippen LogP contribution in [0.5, 0.6) is 0 Å². The van der Waals surface area contributed by atoms with Gasteiger partial charge in [0.2, 0.25) is 5.91 Å². The first-order valence-electron chi connectivity index (χ1n) is 6.30. The third-order valence-corrected chi connectivity index (χ3v) is 3.54. The molecule has 3 nitrogen and oxygen atoms in total. The van der Waals surface area contributed by atoms with Crippen molar-refractivity contribution < 1.29 is 4.79 Å². The van der Waals surface area contributed by atoms with Crippen molar-refractivity contribution in [3.05, 3.63) is 0 Å². The van der Waals surface area contributed by atoms with Crippen molar-refractivity contribution in [3.63, 3.8) is 0 Å². The SMILES string of the molecule is CCC(=O)N1CCC(NCC2CC2)CC1. The van der Waals surface area contributed by atoms with E-state index in [2.05, 4.69) is 5.32 Å². The van der Waals surface area contributed by atoms with Gasteiger partial charge < -0.3 is 10.2 Å². The zero-order valence-corrected chi connectivity index (χ0v) is 9.67. The van der Waals surface area contributed by atoms with Gasteiger partial charge in [-0.3, -0.25) is 4.79 Å². The lowest BCUT2D eigenvalue weighted by Crippen LogP contribution is -2.45. The first-order valence-corrected chi connectivity index (χ1v) is 6.30. The molecule has 1 heterocycles. The summed E-state index contributed by atoms with van der Waals surface area (Å²) >= 11 is 0. The van der Waals surface area contributed by atoms with E-state index in [1.54, 1.807) is 0 Å². The van der Waals surface area contributed by atoms with E-state index in [1.807, 2.05) is 11.8 Å². The average molecular weight is 210 g/mol. The number of amides is 1. The van der Waals surface area contributed by atoms with Gasteiger partial charge >= 0.3 is 0 Å². The molecule has 2 rings (SSSR count). The summed E-state index contributed by atoms with van der Waals surface area (Å²) < 4.78 is 0. The van der Waals surface area contributed by atoms with Crippen molar-refractivity contribution in [3.8, 4) is 0 Å². The van der Waals surface area contributed by atoms with Gasteiger partial charge in [-0.25, -0.2) is 0 Å². The average Bonchev–Trinajstić information content (AvgIpc) is 3.10. The maximum Gasteiger partial charge on any atom is 0.222 e. The van der Waals surface area contributed by atoms with Gasteiger partial charge in [0.1, 0.15) is 0 Å². The number of carbonyl (C=O) groups excluding carboxylic acids is 1. The Kier molecular flexibility index (Phi) is 3.62. The Morgan fingerprint density at radius 1 is 1.27 bits per heavy atom. The smallest absolute Gasteiger partial charge is 0.222 e. The molecular formula is C12H22N2O. The summed E-state index contributed by atoms with van der Waals surface area (Å²) in [5.41, 5.74) is 0. The summed E-state index contributed by atoms with van der Waals surface area (Å²) in [7, 11) is 0. The minimum absolute atomic E-state index is 0.315. The van der Waals surface area contributed by atoms with Gasteiger partial charge in [-0.2, -0.15) is 0 Å². The van der Waals surface area contributed by atoms with E-state index < -0.39 is 0 Å². The van der Waals surface area contributed by atoms with E-state index in [1.165, 1.54) is 19.4 Å². The molecule has 0 atom stereocenters. The highest BCUT2D eigenvalue weighted by atomic mass is 16.2. The maximum absolute atomic E-state index is 11.5. The molecule has 0 bridgehead atoms. The molecule has 0 aromatic carbocycles. The molecule has 1 saturated carbocycles. The molecule has 2 aliphatic rings. The minimum Gasteiger partial charge on any atom is -0.343 e. The standard InChI is InChI=1S/C12H22N2O/c1-2-12(15)14-7-5-11(6-8-14)13-9-10-3-4-10/h10-11,13H,2-9H2,1H3. The molecule has 0 aromatic rings. The number of nitrogens with one attached hydrogen (secondary N) is 1. The van der Waals surface area contributed by atoms with Crippen molar-refractivity contribution in [1.82, 2.24) is 10.2 Å². The van der Waals surface area contributed by atoms with E-state index in [9.17, 15) is 4.79 Å². The van der Waals surface area contributed by atoms with Crippen LogP contribution >= 0.6 is 0 Å². The summed E-state index contributed by atoms with van der Waals surface area (Å²) in [5, 5.41) is 3.62. The zero-order chi connectivity index (χ0) is 10.7. The van der Waals surface area contributed by atoms with Crippen molar-refractivity contribution in [2.75, 3.05) is 19.6 Å². The predicted octanol–water partition coefficient (Wildman–Crippen LogP) is 1.39. The first kappa shape index (κ1) is 10.9. The van der Waals surface area contributed by atoms with Gasteiger partial charge in [0.25, 0.3) is 0 Å². The Hall–Kier alpha value is -0.570. The molecule has 0 spiro atoms. The molecule has 86 valence electrons. The lowest BCUT2D eigenvalue weighted by Gasteiger charge is -2.32. The molecule has 1 aliphatic carbocycles. The van der Waals surface area contributed by atoms with Gasteiger partial charge in [-0.15, -0.1) is 0 Å². The highest BCUT2D eigenvalue weighted by molar-refractivity contribution is 5.75. The third kappa shape index (κ3) is 3.20. The van der Waals surface area contributed by atoms with Gasteiger partial charge in [-0.1, -0.05) is 6.92 Å². The van der Waals surface area contributed by atoms with E-state index in [-0.39, 0.29) is 0 Å². The van der Waals surface area contributed by atoms with Crippen molar-refractivity contribution >= 4 is 5.91 Å². The van der Waals surface area contributed by atoms with Gasteiger partial charge in [0.15, 0.2) is 0 Å². The normalized spacial score (nSPS) is 23.1. The molecule has 1 N–H and O–H groups in total. The summed E-state index contributed by atoms with van der Waals surface area (Å²) in [4.78, 5) is 13.5. The van der Waals surface area contributed by atoms with E-state index >= 15 is 0 Å². The molecule has 0 unspecified atom stereocenters. The second-order valence-corrected chi connectivity index (χ2v) is 4.86. The fourth-order valence-corrected chi connectivity index (χ4v) is 2.21. The Labute approximate surface area is 92.2 Å². The molecule has 0 radical (unpaired) electrons. The quantitative estimate of drug-likeness (QED) is 0.760. The number of hydrogen-bond donors (Lipinski definition) is 1. The van der Waals surface area contributed by atoms with Crippen LogP contribution in [-0.4, -0.2) is 36.5 Å². The minimum atomic E-state index is 0.315. The second-order valence-electron chi connectivity index (χ2n) is 4.86. The van der Waals surface area contributed by atoms with Crippen LogP contribution in [0.15, 0.2) is 0 Å². The largest absolute Gasteiger partial charge is 0.343 e. The van der Waals surface area contributed by atoms with Crippen LogP contribution in [0, 0.1) is 5.92 Å². The molecule has 1 saturated heterocycles. The van der Waals surface area contributed by atoms with Gasteiger partial charge in [0.05, 0.1) is 0 Å². The van der Waals surface area contributed by atoms with Crippen LogP contribution < -0.4 is 5.32 Å². The first-order chi connectivity index (χ1) is 7.29. The monoisotopic (exact) mass is 210 g/mol. The summed E-state index contributed by atoms with van der Waals surface area (Å²) in [6, 6.07) is 0.659. The number of carbonyl (C=O) groups is 1. The Morgan fingerprint density at radius 3 is 2.47 bits per heavy atom. The zero-order valence-electron chi connectivity index (χ0n) is 9.67. The van der Waals surface area contributed by atoms with Crippen LogP contribution in [0.25, 0.3) is 0 Å². The molecule has 3 heteroatoms. The van der Waals surface area contributed by atoms with Crippen molar-refractivity contribution in [2.24, 2.45) is 5.92 Å². The predicted molar refractivity (Wildman–Crippen MR) is 60.6 cm³/mol. The highest BCUT2D eigenvalue weighted by Crippen LogP contribution is 2.28. The van der Waals surface area contributed by atoms with Crippen molar-refractivity contribution in [2.45, 2.75) is 45.1 Å². The number of nitrogens with zero attached hydrogens (tertiary/aromatic N) is 1. The lowest BCUT2D eigenvalue weighted by molar-refractivity contribution is -0.131. The third-order valence-electron chi connectivity index (χ3n) is 3.54. The highest BCUT2D eigenvalue weighted by Gasteiger charge is 2.25. The van der Waals surface area contributed by atoms with Crippen LogP contribution in [0.1, 0.15) is 39.0 Å². The number of hydrogen-bond acceptors (Lipinski definition) is 2. The number of rotatable bonds is 4. The van der Waals surface area contributed by atoms with Crippen molar-refractivity contribution in [1.29, 1.82) is 0 Å². The second kappa shape index (κ2) is 4.97. The molecule has 1 aliphatic heterocycles. The van der Waals surface area contributed by atoms with Gasteiger partial charge in [0, 0.05) is 25.6 Å². The van der Waals surface area contributed by atoms with E-state index in [4.69, 9.17) is 0 Å². The Morgan fingerprint density at radius 2 is 1.93 bits per heavy atom. The molecule has 1 amide bonds. The van der Waals surface area contributed by atoms with E-state index in [0.717, 1.165) is 31.8 Å². The number of piperidine rings is 1. The van der Waals surface area contributed by atoms with E-state index in [0.29, 0.717) is 18.4 Å². The number of likely N-dealkylation sites (tertiary alicyclic amines) is 1. The van der Waals surface area contributed by atoms with Crippen LogP contribution in [0.4, 0.5) is 0 Å². The van der Waals surface area contributed by atoms with Crippen LogP contribution in [-0.2, 0) is 4.79 Å². The molecule has 15 heavy (non-hydrogen) atoms. The fraction of sp³-hybridized carbons (Fsp3) is 0.917. The van der Waals surface area contributed by atoms with Gasteiger partial charge in [-0.05, 0) is 38.1 Å². The molecule has 2 fully saturated rings. The Balaban J connectivity index is 1.64. The summed E-state index contributed by atoms with van der Waals surface area (Å²) in [5.74, 6) is 1.27. The fourth-order valence-electron chi connectivity index (χ4n) is 2.21. The topological polar surface area (TPSA) is 32.3 Å². The van der Waals surface area contributed by atoms with Crippen LogP contribution in [0.2, 0.25) is 0 Å². The van der Waals surface area contributed by atoms with Crippen LogP contribution in [0.3, 0.4) is 0 Å². The summed E-state index contributed by atoms with van der Waals surface area (Å²) in [6.45, 7) is 5.05.